The minimum Gasteiger partial charge on any atom is -0.444 e. The molecule has 4 aromatic heterocycles. The first-order valence-electron chi connectivity index (χ1n) is 26.0. The fourth-order valence-corrected chi connectivity index (χ4v) is 9.32. The Morgan fingerprint density at radius 2 is 1.11 bits per heavy atom. The number of nitrogens with one attached hydrogen (secondary N) is 5. The van der Waals surface area contributed by atoms with Crippen LogP contribution in [0.15, 0.2) is 109 Å². The SMILES string of the molecule is Cc1ccc(Cl)cc1-c1[nH]c(-c2nc(N)ncc2C#Cc2cccc(NCC3CN(C(=O)OC(C)(C)C)C3)c2)cc1C(N)=O.Cc1ccc(Cl)cc1-c1[nH]c(-c2nc(N)ncc2C#Cc2cccc(NCC3CNC3)c2)cc1C(N)=O. The number of hydrogen-bond donors (Lipinski definition) is 9. The molecule has 2 fully saturated rings. The topological polar surface area (TPSA) is 287 Å². The second kappa shape index (κ2) is 24.4. The molecule has 0 saturated carbocycles. The van der Waals surface area contributed by atoms with E-state index >= 15 is 0 Å². The summed E-state index contributed by atoms with van der Waals surface area (Å²) in [6.45, 7) is 14.5. The van der Waals surface area contributed by atoms with E-state index in [1.165, 1.54) is 0 Å². The van der Waals surface area contributed by atoms with E-state index in [0.29, 0.717) is 91.4 Å². The first-order valence-corrected chi connectivity index (χ1v) is 26.7. The number of anilines is 4. The number of likely N-dealkylation sites (tertiary alicyclic amines) is 1. The third-order valence-electron chi connectivity index (χ3n) is 13.3. The third-order valence-corrected chi connectivity index (χ3v) is 13.8. The highest BCUT2D eigenvalue weighted by Crippen LogP contribution is 2.35. The van der Waals surface area contributed by atoms with Gasteiger partial charge >= 0.3 is 6.09 Å². The summed E-state index contributed by atoms with van der Waals surface area (Å²) in [7, 11) is 0. The molecule has 2 saturated heterocycles. The molecule has 3 amide bonds. The third kappa shape index (κ3) is 14.1. The number of primary amides is 2. The first kappa shape index (κ1) is 56.4. The zero-order valence-electron chi connectivity index (χ0n) is 45.2. The number of halogens is 2. The molecule has 412 valence electrons. The van der Waals surface area contributed by atoms with E-state index in [-0.39, 0.29) is 18.0 Å². The highest BCUT2D eigenvalue weighted by Gasteiger charge is 2.33. The number of nitrogens with zero attached hydrogens (tertiary/aromatic N) is 5. The van der Waals surface area contributed by atoms with Crippen molar-refractivity contribution in [2.75, 3.05) is 61.4 Å². The van der Waals surface area contributed by atoms with Crippen LogP contribution in [0.4, 0.5) is 28.1 Å². The Morgan fingerprint density at radius 3 is 1.53 bits per heavy atom. The van der Waals surface area contributed by atoms with E-state index < -0.39 is 17.4 Å². The standard InChI is InChI=1S/C33H34ClN7O3.C28H26ClN7O/c1-19-8-11-23(34)13-25(19)29-26(30(35)42)14-27(39-29)28-22(16-38-31(36)40-28)10-9-20-6-5-7-24(12-20)37-15-21-17-41(18-21)32(43)44-33(2,3)4;1-16-5-8-20(29)10-22(16)26-23(27(30)37)11-24(35-26)25-19(15-34-28(31)36-25)7-6-17-3-2-4-21(9-17)33-14-18-12-32-13-18/h5-8,11-14,16,21,37,39H,15,17-18H2,1-4H3,(H2,35,42)(H2,36,38,40);2-5,8-11,15,18,32-33,35H,12-14H2,1H3,(H2,30,37)(H2,31,34,36). The van der Waals surface area contributed by atoms with Crippen molar-refractivity contribution in [3.05, 3.63) is 164 Å². The monoisotopic (exact) mass is 1120 g/mol. The van der Waals surface area contributed by atoms with Crippen LogP contribution in [-0.4, -0.2) is 97.6 Å². The van der Waals surface area contributed by atoms with Gasteiger partial charge in [-0.1, -0.05) is 71.1 Å². The van der Waals surface area contributed by atoms with Crippen LogP contribution in [0, 0.1) is 49.4 Å². The van der Waals surface area contributed by atoms with Crippen LogP contribution < -0.4 is 38.9 Å². The number of aromatic amines is 2. The molecule has 10 rings (SSSR count). The number of nitrogens with two attached hydrogens (primary N) is 4. The number of carbonyl (C=O) groups is 3. The maximum atomic E-state index is 12.4. The second-order valence-corrected chi connectivity index (χ2v) is 21.6. The molecule has 2 aliphatic rings. The Morgan fingerprint density at radius 1 is 0.654 bits per heavy atom. The molecule has 6 heterocycles. The van der Waals surface area contributed by atoms with E-state index in [0.717, 1.165) is 70.9 Å². The molecule has 2 aliphatic heterocycles. The van der Waals surface area contributed by atoms with Crippen molar-refractivity contribution in [2.45, 2.75) is 40.2 Å². The van der Waals surface area contributed by atoms with Gasteiger partial charge in [-0.3, -0.25) is 9.59 Å². The smallest absolute Gasteiger partial charge is 0.410 e. The number of carbonyl (C=O) groups excluding carboxylic acids is 3. The summed E-state index contributed by atoms with van der Waals surface area (Å²) in [4.78, 5) is 62.3. The van der Waals surface area contributed by atoms with Gasteiger partial charge in [0.1, 0.15) is 17.0 Å². The fraction of sp³-hybridized carbons (Fsp3) is 0.230. The van der Waals surface area contributed by atoms with Gasteiger partial charge in [0, 0.05) is 107 Å². The molecular formula is C61H60Cl2N14O4. The Hall–Kier alpha value is -9.33. The first-order chi connectivity index (χ1) is 38.7. The van der Waals surface area contributed by atoms with E-state index in [1.54, 1.807) is 53.7 Å². The summed E-state index contributed by atoms with van der Waals surface area (Å²) in [5, 5.41) is 11.3. The summed E-state index contributed by atoms with van der Waals surface area (Å²) in [6, 6.07) is 29.9. The average Bonchev–Trinajstić information content (AvgIpc) is 4.18. The Kier molecular flexibility index (Phi) is 17.0. The molecule has 0 spiro atoms. The van der Waals surface area contributed by atoms with Gasteiger partial charge < -0.3 is 58.5 Å². The highest BCUT2D eigenvalue weighted by molar-refractivity contribution is 6.31. The van der Waals surface area contributed by atoms with Gasteiger partial charge in [-0.15, -0.1) is 0 Å². The van der Waals surface area contributed by atoms with Crippen molar-refractivity contribution in [3.8, 4) is 69.0 Å². The molecule has 0 bridgehead atoms. The lowest BCUT2D eigenvalue weighted by atomic mass is 10.0. The predicted molar refractivity (Wildman–Crippen MR) is 319 cm³/mol. The van der Waals surface area contributed by atoms with Gasteiger partial charge in [0.2, 0.25) is 11.9 Å². The molecule has 0 aliphatic carbocycles. The van der Waals surface area contributed by atoms with Gasteiger partial charge in [0.25, 0.3) is 11.8 Å². The maximum Gasteiger partial charge on any atom is 0.410 e. The Bertz CT molecular complexity index is 3830. The minimum absolute atomic E-state index is 0.0636. The van der Waals surface area contributed by atoms with E-state index in [1.807, 2.05) is 95.3 Å². The van der Waals surface area contributed by atoms with Crippen LogP contribution in [-0.2, 0) is 4.74 Å². The van der Waals surface area contributed by atoms with E-state index in [9.17, 15) is 14.4 Å². The minimum atomic E-state index is -0.597. The molecular weight excluding hydrogens is 1060 g/mol. The molecule has 81 heavy (non-hydrogen) atoms. The Labute approximate surface area is 479 Å². The number of ether oxygens (including phenoxy) is 1. The number of benzene rings is 4. The van der Waals surface area contributed by atoms with Crippen molar-refractivity contribution in [1.82, 2.24) is 40.1 Å². The van der Waals surface area contributed by atoms with Crippen LogP contribution in [0.5, 0.6) is 0 Å². The second-order valence-electron chi connectivity index (χ2n) is 20.8. The van der Waals surface area contributed by atoms with Crippen LogP contribution in [0.3, 0.4) is 0 Å². The zero-order valence-corrected chi connectivity index (χ0v) is 46.7. The predicted octanol–water partition coefficient (Wildman–Crippen LogP) is 9.27. The van der Waals surface area contributed by atoms with Crippen molar-refractivity contribution >= 4 is 64.4 Å². The highest BCUT2D eigenvalue weighted by atomic mass is 35.5. The molecule has 0 unspecified atom stereocenters. The number of rotatable bonds is 12. The van der Waals surface area contributed by atoms with Gasteiger partial charge in [-0.2, -0.15) is 0 Å². The maximum absolute atomic E-state index is 12.4. The van der Waals surface area contributed by atoms with Crippen molar-refractivity contribution in [2.24, 2.45) is 23.3 Å². The molecule has 18 nitrogen and oxygen atoms in total. The molecule has 4 aromatic carbocycles. The average molecular weight is 1120 g/mol. The molecule has 0 atom stereocenters. The van der Waals surface area contributed by atoms with E-state index in [4.69, 9.17) is 50.9 Å². The van der Waals surface area contributed by atoms with Gasteiger partial charge in [0.05, 0.1) is 45.0 Å². The summed E-state index contributed by atoms with van der Waals surface area (Å²) in [5.41, 5.74) is 34.5. The fourth-order valence-electron chi connectivity index (χ4n) is 8.97. The molecule has 20 heteroatoms. The van der Waals surface area contributed by atoms with Crippen molar-refractivity contribution < 1.29 is 19.1 Å². The summed E-state index contributed by atoms with van der Waals surface area (Å²) >= 11 is 12.5. The van der Waals surface area contributed by atoms with Crippen LogP contribution in [0.2, 0.25) is 10.0 Å². The summed E-state index contributed by atoms with van der Waals surface area (Å²) in [5.74, 6) is 12.6. The van der Waals surface area contributed by atoms with Gasteiger partial charge in [-0.25, -0.2) is 24.7 Å². The van der Waals surface area contributed by atoms with Crippen LogP contribution in [0.1, 0.15) is 74.9 Å². The molecule has 13 N–H and O–H groups in total. The summed E-state index contributed by atoms with van der Waals surface area (Å²) in [6.07, 6.45) is 2.85. The van der Waals surface area contributed by atoms with Crippen molar-refractivity contribution in [1.29, 1.82) is 0 Å². The lowest BCUT2D eigenvalue weighted by molar-refractivity contribution is 0.000824. The lowest BCUT2D eigenvalue weighted by Gasteiger charge is -2.40. The zero-order chi connectivity index (χ0) is 57.5. The normalized spacial score (nSPS) is 13.0. The largest absolute Gasteiger partial charge is 0.444 e. The van der Waals surface area contributed by atoms with Crippen LogP contribution >= 0.6 is 23.2 Å². The van der Waals surface area contributed by atoms with E-state index in [2.05, 4.69) is 69.5 Å². The Balaban J connectivity index is 0.000000198. The van der Waals surface area contributed by atoms with Gasteiger partial charge in [0.15, 0.2) is 0 Å². The lowest BCUT2D eigenvalue weighted by Crippen LogP contribution is -2.53. The van der Waals surface area contributed by atoms with Crippen LogP contribution in [0.25, 0.3) is 45.3 Å². The summed E-state index contributed by atoms with van der Waals surface area (Å²) < 4.78 is 5.43. The molecule has 8 aromatic rings. The number of hydrogen-bond acceptors (Lipinski definition) is 13. The molecule has 0 radical (unpaired) electrons. The number of amides is 3. The quantitative estimate of drug-likeness (QED) is 0.0516. The number of aryl methyl sites for hydroxylation is 2. The number of aromatic nitrogens is 6. The van der Waals surface area contributed by atoms with Gasteiger partial charge in [-0.05, 0) is 119 Å². The number of nitrogen functional groups attached to an aromatic ring is 2. The number of H-pyrrole nitrogens is 2. The van der Waals surface area contributed by atoms with Crippen molar-refractivity contribution in [3.63, 3.8) is 0 Å².